The van der Waals surface area contributed by atoms with Gasteiger partial charge in [-0.2, -0.15) is 0 Å². The number of pyridine rings is 2. The first kappa shape index (κ1) is 18.6. The number of carbonyl (C=O) groups excluding carboxylic acids is 1. The number of benzene rings is 2. The van der Waals surface area contributed by atoms with E-state index < -0.39 is 0 Å². The Kier molecular flexibility index (Phi) is 5.16. The first-order chi connectivity index (χ1) is 14.1. The van der Waals surface area contributed by atoms with Gasteiger partial charge in [0.2, 0.25) is 5.91 Å². The molecule has 6 heteroatoms. The van der Waals surface area contributed by atoms with E-state index in [1.165, 1.54) is 18.2 Å². The molecular weight excluding hydrogens is 369 g/mol. The van der Waals surface area contributed by atoms with E-state index in [9.17, 15) is 14.0 Å². The van der Waals surface area contributed by atoms with E-state index in [-0.39, 0.29) is 30.2 Å². The van der Waals surface area contributed by atoms with Crippen molar-refractivity contribution in [2.75, 3.05) is 4.90 Å². The summed E-state index contributed by atoms with van der Waals surface area (Å²) in [6.45, 7) is 0.286. The predicted molar refractivity (Wildman–Crippen MR) is 110 cm³/mol. The number of para-hydroxylation sites is 1. The Bertz CT molecular complexity index is 1200. The molecule has 29 heavy (non-hydrogen) atoms. The Balaban J connectivity index is 1.69. The number of nitrogens with zero attached hydrogens (tertiary/aromatic N) is 3. The molecule has 0 radical (unpaired) electrons. The zero-order valence-corrected chi connectivity index (χ0v) is 15.5. The molecule has 0 saturated carbocycles. The maximum Gasteiger partial charge on any atom is 0.247 e. The van der Waals surface area contributed by atoms with Crippen LogP contribution in [0.4, 0.5) is 10.1 Å². The summed E-state index contributed by atoms with van der Waals surface area (Å²) in [5, 5.41) is 0.556. The molecule has 0 N–H and O–H groups in total. The van der Waals surface area contributed by atoms with Gasteiger partial charge < -0.3 is 9.47 Å². The van der Waals surface area contributed by atoms with Crippen molar-refractivity contribution in [3.8, 4) is 0 Å². The van der Waals surface area contributed by atoms with Crippen LogP contribution in [0.1, 0.15) is 5.69 Å². The quantitative estimate of drug-likeness (QED) is 0.524. The SMILES string of the molecule is O=C(Cn1ccc(=O)c2ccccc21)N(Cc1ccccn1)c1ccc(F)cc1. The van der Waals surface area contributed by atoms with Crippen LogP contribution in [0.3, 0.4) is 0 Å². The van der Waals surface area contributed by atoms with Crippen molar-refractivity contribution in [2.45, 2.75) is 13.1 Å². The van der Waals surface area contributed by atoms with Crippen LogP contribution >= 0.6 is 0 Å². The lowest BCUT2D eigenvalue weighted by Gasteiger charge is -2.23. The van der Waals surface area contributed by atoms with Gasteiger partial charge in [0.1, 0.15) is 12.4 Å². The molecule has 0 aliphatic heterocycles. The zero-order chi connectivity index (χ0) is 20.2. The highest BCUT2D eigenvalue weighted by molar-refractivity contribution is 5.94. The number of rotatable bonds is 5. The third-order valence-electron chi connectivity index (χ3n) is 4.68. The number of hydrogen-bond donors (Lipinski definition) is 0. The van der Waals surface area contributed by atoms with E-state index >= 15 is 0 Å². The van der Waals surface area contributed by atoms with E-state index in [0.717, 1.165) is 5.69 Å². The first-order valence-electron chi connectivity index (χ1n) is 9.16. The largest absolute Gasteiger partial charge is 0.338 e. The highest BCUT2D eigenvalue weighted by Crippen LogP contribution is 2.19. The van der Waals surface area contributed by atoms with Crippen LogP contribution in [0.15, 0.2) is 90.0 Å². The number of anilines is 1. The van der Waals surface area contributed by atoms with Crippen LogP contribution in [0.2, 0.25) is 0 Å². The number of halogens is 1. The minimum Gasteiger partial charge on any atom is -0.338 e. The summed E-state index contributed by atoms with van der Waals surface area (Å²) in [4.78, 5) is 31.2. The lowest BCUT2D eigenvalue weighted by atomic mass is 10.2. The fourth-order valence-corrected chi connectivity index (χ4v) is 3.23. The second-order valence-corrected chi connectivity index (χ2v) is 6.60. The van der Waals surface area contributed by atoms with Crippen LogP contribution < -0.4 is 10.3 Å². The van der Waals surface area contributed by atoms with Crippen molar-refractivity contribution < 1.29 is 9.18 Å². The monoisotopic (exact) mass is 387 g/mol. The van der Waals surface area contributed by atoms with Gasteiger partial charge in [0.05, 0.1) is 17.8 Å². The minimum absolute atomic E-state index is 0.0327. The van der Waals surface area contributed by atoms with E-state index in [0.29, 0.717) is 16.6 Å². The van der Waals surface area contributed by atoms with Crippen LogP contribution in [-0.4, -0.2) is 15.5 Å². The van der Waals surface area contributed by atoms with Crippen molar-refractivity contribution in [1.82, 2.24) is 9.55 Å². The summed E-state index contributed by atoms with van der Waals surface area (Å²) in [5.41, 5.74) is 1.89. The molecule has 2 aromatic heterocycles. The molecule has 0 saturated heterocycles. The summed E-state index contributed by atoms with van der Waals surface area (Å²) in [6, 6.07) is 19.9. The van der Waals surface area contributed by atoms with Gasteiger partial charge in [-0.15, -0.1) is 0 Å². The number of aromatic nitrogens is 2. The highest BCUT2D eigenvalue weighted by atomic mass is 19.1. The Labute approximate surface area is 166 Å². The van der Waals surface area contributed by atoms with Crippen molar-refractivity contribution in [1.29, 1.82) is 0 Å². The van der Waals surface area contributed by atoms with E-state index in [4.69, 9.17) is 0 Å². The Morgan fingerprint density at radius 3 is 2.48 bits per heavy atom. The standard InChI is InChI=1S/C23H18FN3O2/c24-17-8-10-19(11-9-17)27(15-18-5-3-4-13-25-18)23(29)16-26-14-12-22(28)20-6-1-2-7-21(20)26/h1-14H,15-16H2. The van der Waals surface area contributed by atoms with Crippen LogP contribution in [0, 0.1) is 5.82 Å². The molecule has 0 aliphatic carbocycles. The van der Waals surface area contributed by atoms with Crippen molar-refractivity contribution in [2.24, 2.45) is 0 Å². The summed E-state index contributed by atoms with van der Waals surface area (Å²) in [7, 11) is 0. The molecule has 4 rings (SSSR count). The number of fused-ring (bicyclic) bond motifs is 1. The van der Waals surface area contributed by atoms with E-state index in [2.05, 4.69) is 4.98 Å². The lowest BCUT2D eigenvalue weighted by molar-refractivity contribution is -0.119. The topological polar surface area (TPSA) is 55.2 Å². The van der Waals surface area contributed by atoms with Gasteiger partial charge in [0.25, 0.3) is 0 Å². The zero-order valence-electron chi connectivity index (χ0n) is 15.5. The van der Waals surface area contributed by atoms with Gasteiger partial charge in [-0.3, -0.25) is 14.6 Å². The first-order valence-corrected chi connectivity index (χ1v) is 9.16. The average Bonchev–Trinajstić information content (AvgIpc) is 2.76. The number of carbonyl (C=O) groups is 1. The summed E-state index contributed by atoms with van der Waals surface area (Å²) in [6.07, 6.45) is 3.28. The molecule has 2 aromatic carbocycles. The van der Waals surface area contributed by atoms with E-state index in [1.54, 1.807) is 52.2 Å². The van der Waals surface area contributed by atoms with Gasteiger partial charge in [-0.25, -0.2) is 4.39 Å². The summed E-state index contributed by atoms with van der Waals surface area (Å²) in [5.74, 6) is -0.568. The Morgan fingerprint density at radius 2 is 1.72 bits per heavy atom. The molecule has 1 amide bonds. The maximum atomic E-state index is 13.4. The molecule has 0 spiro atoms. The molecule has 0 unspecified atom stereocenters. The smallest absolute Gasteiger partial charge is 0.247 e. The summed E-state index contributed by atoms with van der Waals surface area (Å²) >= 11 is 0. The van der Waals surface area contributed by atoms with Gasteiger partial charge in [0, 0.05) is 29.5 Å². The fraction of sp³-hybridized carbons (Fsp3) is 0.0870. The maximum absolute atomic E-state index is 13.4. The third kappa shape index (κ3) is 4.06. The fourth-order valence-electron chi connectivity index (χ4n) is 3.23. The van der Waals surface area contributed by atoms with Gasteiger partial charge >= 0.3 is 0 Å². The van der Waals surface area contributed by atoms with Crippen molar-refractivity contribution in [3.05, 3.63) is 107 Å². The second-order valence-electron chi connectivity index (χ2n) is 6.60. The van der Waals surface area contributed by atoms with Crippen LogP contribution in [-0.2, 0) is 17.9 Å². The average molecular weight is 387 g/mol. The molecule has 0 aliphatic rings. The molecule has 0 fully saturated rings. The van der Waals surface area contributed by atoms with E-state index in [1.807, 2.05) is 24.3 Å². The molecular formula is C23H18FN3O2. The van der Waals surface area contributed by atoms with Crippen LogP contribution in [0.5, 0.6) is 0 Å². The number of hydrogen-bond acceptors (Lipinski definition) is 3. The molecule has 0 bridgehead atoms. The minimum atomic E-state index is -0.370. The second kappa shape index (κ2) is 8.06. The van der Waals surface area contributed by atoms with Gasteiger partial charge in [-0.05, 0) is 48.5 Å². The lowest BCUT2D eigenvalue weighted by Crippen LogP contribution is -2.34. The molecule has 0 atom stereocenters. The van der Waals surface area contributed by atoms with Gasteiger partial charge in [-0.1, -0.05) is 18.2 Å². The molecule has 4 aromatic rings. The number of amides is 1. The molecule has 2 heterocycles. The van der Waals surface area contributed by atoms with Gasteiger partial charge in [0.15, 0.2) is 5.43 Å². The third-order valence-corrected chi connectivity index (χ3v) is 4.68. The Morgan fingerprint density at radius 1 is 0.966 bits per heavy atom. The van der Waals surface area contributed by atoms with Crippen LogP contribution in [0.25, 0.3) is 10.9 Å². The Hall–Kier alpha value is -3.80. The summed E-state index contributed by atoms with van der Waals surface area (Å²) < 4.78 is 15.1. The predicted octanol–water partition coefficient (Wildman–Crippen LogP) is 3.77. The molecule has 144 valence electrons. The highest BCUT2D eigenvalue weighted by Gasteiger charge is 2.18. The van der Waals surface area contributed by atoms with Crippen molar-refractivity contribution >= 4 is 22.5 Å². The van der Waals surface area contributed by atoms with Crippen molar-refractivity contribution in [3.63, 3.8) is 0 Å². The molecule has 5 nitrogen and oxygen atoms in total. The normalized spacial score (nSPS) is 10.8.